The van der Waals surface area contributed by atoms with E-state index in [-0.39, 0.29) is 5.91 Å². The molecule has 0 spiro atoms. The molecule has 1 aromatic rings. The van der Waals surface area contributed by atoms with Gasteiger partial charge in [0, 0.05) is 13.1 Å². The van der Waals surface area contributed by atoms with Crippen LogP contribution < -0.4 is 0 Å². The lowest BCUT2D eigenvalue weighted by atomic mass is 9.93. The van der Waals surface area contributed by atoms with E-state index >= 15 is 0 Å². The first-order valence-corrected chi connectivity index (χ1v) is 6.88. The van der Waals surface area contributed by atoms with Crippen LogP contribution in [0.15, 0.2) is 43.0 Å². The summed E-state index contributed by atoms with van der Waals surface area (Å²) >= 11 is 0. The summed E-state index contributed by atoms with van der Waals surface area (Å²) in [6.07, 6.45) is 4.04. The van der Waals surface area contributed by atoms with Gasteiger partial charge in [-0.25, -0.2) is 0 Å². The average Bonchev–Trinajstić information content (AvgIpc) is 2.49. The predicted molar refractivity (Wildman–Crippen MR) is 75.5 cm³/mol. The van der Waals surface area contributed by atoms with Crippen molar-refractivity contribution in [3.8, 4) is 0 Å². The average molecular weight is 259 g/mol. The number of hydrogen-bond acceptors (Lipinski definition) is 2. The maximum absolute atomic E-state index is 12.4. The molecule has 3 nitrogen and oxygen atoms in total. The molecule has 1 saturated heterocycles. The quantitative estimate of drug-likeness (QED) is 0.844. The van der Waals surface area contributed by atoms with Crippen molar-refractivity contribution in [2.45, 2.75) is 25.4 Å². The number of nitrogens with zero attached hydrogens (tertiary/aromatic N) is 1. The molecule has 1 aromatic carbocycles. The lowest BCUT2D eigenvalue weighted by molar-refractivity contribution is -0.138. The van der Waals surface area contributed by atoms with Gasteiger partial charge >= 0.3 is 0 Å². The van der Waals surface area contributed by atoms with Crippen LogP contribution in [-0.4, -0.2) is 29.0 Å². The Balaban J connectivity index is 2.10. The summed E-state index contributed by atoms with van der Waals surface area (Å²) in [5.41, 5.74) is 0.762. The number of aliphatic hydroxyl groups excluding tert-OH is 1. The molecule has 0 aliphatic carbocycles. The van der Waals surface area contributed by atoms with Crippen LogP contribution in [0.2, 0.25) is 0 Å². The van der Waals surface area contributed by atoms with E-state index in [4.69, 9.17) is 0 Å². The van der Waals surface area contributed by atoms with Crippen LogP contribution in [0.5, 0.6) is 0 Å². The number of carbonyl (C=O) groups is 1. The Labute approximate surface area is 114 Å². The van der Waals surface area contributed by atoms with Gasteiger partial charge < -0.3 is 10.0 Å². The van der Waals surface area contributed by atoms with Crippen LogP contribution in [-0.2, 0) is 4.79 Å². The predicted octanol–water partition coefficient (Wildman–Crippen LogP) is 2.53. The van der Waals surface area contributed by atoms with E-state index in [9.17, 15) is 9.90 Å². The van der Waals surface area contributed by atoms with Crippen LogP contribution >= 0.6 is 0 Å². The first kappa shape index (κ1) is 13.8. The van der Waals surface area contributed by atoms with Gasteiger partial charge in [0.1, 0.15) is 0 Å². The highest BCUT2D eigenvalue weighted by molar-refractivity contribution is 5.81. The molecule has 2 rings (SSSR count). The van der Waals surface area contributed by atoms with Gasteiger partial charge in [-0.3, -0.25) is 4.79 Å². The molecular formula is C16H21NO2. The third-order valence-electron chi connectivity index (χ3n) is 3.69. The van der Waals surface area contributed by atoms with E-state index in [1.165, 1.54) is 6.42 Å². The Morgan fingerprint density at radius 2 is 1.84 bits per heavy atom. The second kappa shape index (κ2) is 6.53. The zero-order valence-corrected chi connectivity index (χ0v) is 11.2. The molecule has 0 aromatic heterocycles. The molecule has 1 N–H and O–H groups in total. The SMILES string of the molecule is C=CC(C(=O)N1CCCCC1)C(O)c1ccccc1. The fourth-order valence-corrected chi connectivity index (χ4v) is 2.55. The number of likely N-dealkylation sites (tertiary alicyclic amines) is 1. The molecule has 1 aliphatic rings. The van der Waals surface area contributed by atoms with Gasteiger partial charge in [0.25, 0.3) is 0 Å². The van der Waals surface area contributed by atoms with Gasteiger partial charge in [-0.15, -0.1) is 6.58 Å². The highest BCUT2D eigenvalue weighted by Gasteiger charge is 2.29. The van der Waals surface area contributed by atoms with Crippen molar-refractivity contribution in [1.29, 1.82) is 0 Å². The first-order chi connectivity index (χ1) is 9.24. The summed E-state index contributed by atoms with van der Waals surface area (Å²) in [5, 5.41) is 10.4. The van der Waals surface area contributed by atoms with Crippen LogP contribution in [0.1, 0.15) is 30.9 Å². The number of amides is 1. The molecule has 1 amide bonds. The maximum Gasteiger partial charge on any atom is 0.232 e. The Kier molecular flexibility index (Phi) is 4.74. The summed E-state index contributed by atoms with van der Waals surface area (Å²) < 4.78 is 0. The van der Waals surface area contributed by atoms with Gasteiger partial charge in [0.2, 0.25) is 5.91 Å². The van der Waals surface area contributed by atoms with Crippen molar-refractivity contribution >= 4 is 5.91 Å². The number of benzene rings is 1. The van der Waals surface area contributed by atoms with Crippen molar-refractivity contribution in [2.24, 2.45) is 5.92 Å². The Morgan fingerprint density at radius 1 is 1.21 bits per heavy atom. The minimum absolute atomic E-state index is 0.00828. The van der Waals surface area contributed by atoms with E-state index in [0.717, 1.165) is 31.5 Å². The van der Waals surface area contributed by atoms with Crippen molar-refractivity contribution in [2.75, 3.05) is 13.1 Å². The molecule has 1 heterocycles. The first-order valence-electron chi connectivity index (χ1n) is 6.88. The summed E-state index contributed by atoms with van der Waals surface area (Å²) in [6, 6.07) is 9.30. The number of carbonyl (C=O) groups excluding carboxylic acids is 1. The van der Waals surface area contributed by atoms with E-state index in [0.29, 0.717) is 0 Å². The topological polar surface area (TPSA) is 40.5 Å². The van der Waals surface area contributed by atoms with Crippen molar-refractivity contribution < 1.29 is 9.90 Å². The van der Waals surface area contributed by atoms with Crippen LogP contribution in [0.4, 0.5) is 0 Å². The summed E-state index contributed by atoms with van der Waals surface area (Å²) in [7, 11) is 0. The molecule has 0 saturated carbocycles. The second-order valence-corrected chi connectivity index (χ2v) is 5.00. The van der Waals surface area contributed by atoms with Gasteiger partial charge in [-0.1, -0.05) is 36.4 Å². The van der Waals surface area contributed by atoms with E-state index in [2.05, 4.69) is 6.58 Å². The standard InChI is InChI=1S/C16H21NO2/c1-2-14(15(18)13-9-5-3-6-10-13)16(19)17-11-7-4-8-12-17/h2-3,5-6,9-10,14-15,18H,1,4,7-8,11-12H2. The smallest absolute Gasteiger partial charge is 0.232 e. The number of hydrogen-bond donors (Lipinski definition) is 1. The lowest BCUT2D eigenvalue weighted by Gasteiger charge is -2.31. The normalized spacial score (nSPS) is 18.7. The third kappa shape index (κ3) is 3.24. The van der Waals surface area contributed by atoms with Crippen molar-refractivity contribution in [1.82, 2.24) is 4.90 Å². The highest BCUT2D eigenvalue weighted by Crippen LogP contribution is 2.25. The maximum atomic E-state index is 12.4. The summed E-state index contributed by atoms with van der Waals surface area (Å²) in [4.78, 5) is 14.3. The van der Waals surface area contributed by atoms with E-state index in [1.807, 2.05) is 35.2 Å². The lowest BCUT2D eigenvalue weighted by Crippen LogP contribution is -2.40. The number of rotatable bonds is 4. The molecule has 1 fully saturated rings. The molecule has 1 aliphatic heterocycles. The van der Waals surface area contributed by atoms with Crippen LogP contribution in [0.3, 0.4) is 0 Å². The fourth-order valence-electron chi connectivity index (χ4n) is 2.55. The van der Waals surface area contributed by atoms with Crippen molar-refractivity contribution in [3.63, 3.8) is 0 Å². The van der Waals surface area contributed by atoms with Crippen molar-refractivity contribution in [3.05, 3.63) is 48.6 Å². The minimum Gasteiger partial charge on any atom is -0.387 e. The molecule has 102 valence electrons. The summed E-state index contributed by atoms with van der Waals surface area (Å²) in [5.74, 6) is -0.563. The third-order valence-corrected chi connectivity index (χ3v) is 3.69. The zero-order valence-electron chi connectivity index (χ0n) is 11.2. The van der Waals surface area contributed by atoms with E-state index < -0.39 is 12.0 Å². The van der Waals surface area contributed by atoms with E-state index in [1.54, 1.807) is 6.08 Å². The molecule has 0 radical (unpaired) electrons. The Morgan fingerprint density at radius 3 is 2.42 bits per heavy atom. The molecule has 3 heteroatoms. The number of piperidine rings is 1. The molecule has 2 unspecified atom stereocenters. The Bertz CT molecular complexity index is 424. The molecule has 0 bridgehead atoms. The summed E-state index contributed by atoms with van der Waals surface area (Å²) in [6.45, 7) is 5.31. The monoisotopic (exact) mass is 259 g/mol. The molecule has 19 heavy (non-hydrogen) atoms. The number of aliphatic hydroxyl groups is 1. The Hall–Kier alpha value is -1.61. The zero-order chi connectivity index (χ0) is 13.7. The second-order valence-electron chi connectivity index (χ2n) is 5.00. The minimum atomic E-state index is -0.812. The molecular weight excluding hydrogens is 238 g/mol. The van der Waals surface area contributed by atoms with Crippen LogP contribution in [0.25, 0.3) is 0 Å². The van der Waals surface area contributed by atoms with Gasteiger partial charge in [-0.05, 0) is 24.8 Å². The van der Waals surface area contributed by atoms with Crippen LogP contribution in [0, 0.1) is 5.92 Å². The van der Waals surface area contributed by atoms with Gasteiger partial charge in [-0.2, -0.15) is 0 Å². The molecule has 2 atom stereocenters. The van der Waals surface area contributed by atoms with Gasteiger partial charge in [0.05, 0.1) is 12.0 Å². The fraction of sp³-hybridized carbons (Fsp3) is 0.438. The largest absolute Gasteiger partial charge is 0.387 e. The highest BCUT2D eigenvalue weighted by atomic mass is 16.3. The van der Waals surface area contributed by atoms with Gasteiger partial charge in [0.15, 0.2) is 0 Å².